The lowest BCUT2D eigenvalue weighted by molar-refractivity contribution is -0.137. The molecule has 0 aromatic heterocycles. The first-order valence-corrected chi connectivity index (χ1v) is 4.00. The van der Waals surface area contributed by atoms with Crippen molar-refractivity contribution in [3.05, 3.63) is 6.92 Å². The lowest BCUT2D eigenvalue weighted by atomic mass is 10.3. The molecule has 12 heavy (non-hydrogen) atoms. The summed E-state index contributed by atoms with van der Waals surface area (Å²) in [4.78, 5) is 0. The van der Waals surface area contributed by atoms with E-state index in [-0.39, 0.29) is 13.0 Å². The molecule has 1 nitrogen and oxygen atoms in total. The summed E-state index contributed by atoms with van der Waals surface area (Å²) >= 11 is 0. The predicted molar refractivity (Wildman–Crippen MR) is 40.7 cm³/mol. The van der Waals surface area contributed by atoms with E-state index in [9.17, 15) is 13.2 Å². The van der Waals surface area contributed by atoms with E-state index in [4.69, 9.17) is 4.74 Å². The molecular weight excluding hydrogens is 169 g/mol. The van der Waals surface area contributed by atoms with Crippen LogP contribution in [0.3, 0.4) is 0 Å². The van der Waals surface area contributed by atoms with Crippen molar-refractivity contribution in [1.29, 1.82) is 0 Å². The van der Waals surface area contributed by atoms with Gasteiger partial charge in [0.05, 0.1) is 0 Å². The van der Waals surface area contributed by atoms with Gasteiger partial charge < -0.3 is 4.74 Å². The van der Waals surface area contributed by atoms with Crippen LogP contribution in [0, 0.1) is 6.92 Å². The van der Waals surface area contributed by atoms with Crippen molar-refractivity contribution in [2.24, 2.45) is 0 Å². The second kappa shape index (κ2) is 6.29. The molecule has 4 heteroatoms. The minimum atomic E-state index is -4.05. The van der Waals surface area contributed by atoms with Crippen LogP contribution in [-0.4, -0.2) is 19.4 Å². The molecule has 0 saturated heterocycles. The molecule has 0 aliphatic carbocycles. The molecule has 0 rings (SSSR count). The first-order valence-electron chi connectivity index (χ1n) is 4.00. The Balaban J connectivity index is 3.01. The Hall–Kier alpha value is -0.250. The Morgan fingerprint density at radius 1 is 1.08 bits per heavy atom. The van der Waals surface area contributed by atoms with E-state index in [1.165, 1.54) is 0 Å². The van der Waals surface area contributed by atoms with Crippen molar-refractivity contribution in [2.45, 2.75) is 31.9 Å². The zero-order chi connectivity index (χ0) is 9.45. The van der Waals surface area contributed by atoms with Crippen LogP contribution in [0.4, 0.5) is 13.2 Å². The average Bonchev–Trinajstić information content (AvgIpc) is 1.94. The molecule has 0 aliphatic rings. The number of rotatable bonds is 6. The number of halogens is 3. The topological polar surface area (TPSA) is 9.23 Å². The third-order valence-corrected chi connectivity index (χ3v) is 1.29. The molecule has 73 valence electrons. The predicted octanol–water partition coefficient (Wildman–Crippen LogP) is 2.96. The van der Waals surface area contributed by atoms with Crippen LogP contribution in [0.15, 0.2) is 0 Å². The highest BCUT2D eigenvalue weighted by atomic mass is 19.4. The number of hydrogen-bond acceptors (Lipinski definition) is 1. The van der Waals surface area contributed by atoms with Crippen molar-refractivity contribution in [1.82, 2.24) is 0 Å². The molecule has 1 radical (unpaired) electrons. The molecule has 0 aromatic carbocycles. The molecule has 0 bridgehead atoms. The van der Waals surface area contributed by atoms with Gasteiger partial charge in [0, 0.05) is 19.6 Å². The summed E-state index contributed by atoms with van der Waals surface area (Å²) in [5, 5.41) is 0. The van der Waals surface area contributed by atoms with Gasteiger partial charge in [-0.15, -0.1) is 0 Å². The minimum absolute atomic E-state index is 0.0562. The van der Waals surface area contributed by atoms with Gasteiger partial charge in [-0.3, -0.25) is 0 Å². The number of alkyl halides is 3. The molecule has 0 fully saturated rings. The lowest BCUT2D eigenvalue weighted by Gasteiger charge is -2.05. The molecule has 0 spiro atoms. The second-order valence-corrected chi connectivity index (χ2v) is 2.54. The van der Waals surface area contributed by atoms with Crippen molar-refractivity contribution in [2.75, 3.05) is 13.2 Å². The number of unbranched alkanes of at least 4 members (excludes halogenated alkanes) is 1. The first-order chi connectivity index (χ1) is 5.56. The maximum absolute atomic E-state index is 11.6. The van der Waals surface area contributed by atoms with Gasteiger partial charge >= 0.3 is 6.18 Å². The normalized spacial score (nSPS) is 12.0. The van der Waals surface area contributed by atoms with E-state index in [0.717, 1.165) is 12.8 Å². The molecule has 0 saturated carbocycles. The Labute approximate surface area is 70.9 Å². The average molecular weight is 183 g/mol. The standard InChI is InChI=1S/C8H14F3O/c1-2-3-6-12-7-4-5-8(9,10)11/h1-7H2. The fraction of sp³-hybridized carbons (Fsp3) is 0.875. The lowest BCUT2D eigenvalue weighted by Crippen LogP contribution is -2.09. The van der Waals surface area contributed by atoms with Crippen LogP contribution in [0.1, 0.15) is 25.7 Å². The van der Waals surface area contributed by atoms with Crippen molar-refractivity contribution < 1.29 is 17.9 Å². The Kier molecular flexibility index (Phi) is 6.16. The van der Waals surface area contributed by atoms with E-state index in [1.54, 1.807) is 0 Å². The van der Waals surface area contributed by atoms with Gasteiger partial charge in [-0.1, -0.05) is 13.3 Å². The molecular formula is C8H14F3O. The van der Waals surface area contributed by atoms with E-state index in [2.05, 4.69) is 6.92 Å². The summed E-state index contributed by atoms with van der Waals surface area (Å²) in [5.41, 5.74) is 0. The van der Waals surface area contributed by atoms with Gasteiger partial charge in [-0.05, 0) is 12.8 Å². The Bertz CT molecular complexity index is 101. The molecule has 0 atom stereocenters. The second-order valence-electron chi connectivity index (χ2n) is 2.54. The van der Waals surface area contributed by atoms with E-state index < -0.39 is 12.6 Å². The number of hydrogen-bond donors (Lipinski definition) is 0. The number of ether oxygens (including phenoxy) is 1. The summed E-state index contributed by atoms with van der Waals surface area (Å²) in [6, 6.07) is 0. The van der Waals surface area contributed by atoms with Gasteiger partial charge in [-0.25, -0.2) is 0 Å². The molecule has 0 aromatic rings. The maximum atomic E-state index is 11.6. The van der Waals surface area contributed by atoms with Crippen molar-refractivity contribution in [3.8, 4) is 0 Å². The van der Waals surface area contributed by atoms with Crippen LogP contribution in [0.2, 0.25) is 0 Å². The third kappa shape index (κ3) is 9.75. The Morgan fingerprint density at radius 3 is 2.17 bits per heavy atom. The largest absolute Gasteiger partial charge is 0.389 e. The molecule has 0 heterocycles. The van der Waals surface area contributed by atoms with Gasteiger partial charge in [-0.2, -0.15) is 13.2 Å². The van der Waals surface area contributed by atoms with E-state index in [0.29, 0.717) is 6.61 Å². The van der Waals surface area contributed by atoms with Crippen LogP contribution >= 0.6 is 0 Å². The SMILES string of the molecule is [CH2]CCCOCCCC(F)(F)F. The maximum Gasteiger partial charge on any atom is 0.389 e. The summed E-state index contributed by atoms with van der Waals surface area (Å²) < 4.78 is 39.6. The van der Waals surface area contributed by atoms with E-state index in [1.807, 2.05) is 0 Å². The zero-order valence-electron chi connectivity index (χ0n) is 6.99. The summed E-state index contributed by atoms with van der Waals surface area (Å²) in [6.45, 7) is 4.29. The van der Waals surface area contributed by atoms with Crippen LogP contribution < -0.4 is 0 Å². The van der Waals surface area contributed by atoms with Crippen LogP contribution in [-0.2, 0) is 4.74 Å². The molecule has 0 aliphatic heterocycles. The van der Waals surface area contributed by atoms with Gasteiger partial charge in [0.2, 0.25) is 0 Å². The van der Waals surface area contributed by atoms with Crippen LogP contribution in [0.5, 0.6) is 0 Å². The monoisotopic (exact) mass is 183 g/mol. The molecule has 0 amide bonds. The van der Waals surface area contributed by atoms with Crippen molar-refractivity contribution >= 4 is 0 Å². The first kappa shape index (κ1) is 11.8. The quantitative estimate of drug-likeness (QED) is 0.575. The summed E-state index contributed by atoms with van der Waals surface area (Å²) in [7, 11) is 0. The highest BCUT2D eigenvalue weighted by Gasteiger charge is 2.25. The highest BCUT2D eigenvalue weighted by molar-refractivity contribution is 4.49. The minimum Gasteiger partial charge on any atom is -0.381 e. The fourth-order valence-electron chi connectivity index (χ4n) is 0.681. The third-order valence-electron chi connectivity index (χ3n) is 1.29. The van der Waals surface area contributed by atoms with Gasteiger partial charge in [0.25, 0.3) is 0 Å². The zero-order valence-corrected chi connectivity index (χ0v) is 6.99. The van der Waals surface area contributed by atoms with Crippen LogP contribution in [0.25, 0.3) is 0 Å². The molecule has 0 unspecified atom stereocenters. The van der Waals surface area contributed by atoms with Crippen molar-refractivity contribution in [3.63, 3.8) is 0 Å². The molecule has 0 N–H and O–H groups in total. The van der Waals surface area contributed by atoms with Gasteiger partial charge in [0.15, 0.2) is 0 Å². The fourth-order valence-corrected chi connectivity index (χ4v) is 0.681. The highest BCUT2D eigenvalue weighted by Crippen LogP contribution is 2.20. The smallest absolute Gasteiger partial charge is 0.381 e. The summed E-state index contributed by atoms with van der Waals surface area (Å²) in [5.74, 6) is 0. The van der Waals surface area contributed by atoms with E-state index >= 15 is 0 Å². The van der Waals surface area contributed by atoms with Gasteiger partial charge in [0.1, 0.15) is 0 Å². The Morgan fingerprint density at radius 2 is 1.67 bits per heavy atom. The summed E-state index contributed by atoms with van der Waals surface area (Å²) in [6.07, 6.45) is -3.17.